The number of fused-ring (bicyclic) bond motifs is 1. The van der Waals surface area contributed by atoms with E-state index < -0.39 is 5.97 Å². The van der Waals surface area contributed by atoms with Crippen LogP contribution >= 0.6 is 15.9 Å². The number of hydrogen-bond acceptors (Lipinski definition) is 8. The molecule has 4 heterocycles. The van der Waals surface area contributed by atoms with Crippen molar-refractivity contribution >= 4 is 39.3 Å². The average molecular weight is 519 g/mol. The Morgan fingerprint density at radius 2 is 1.97 bits per heavy atom. The van der Waals surface area contributed by atoms with Crippen LogP contribution in [0.3, 0.4) is 0 Å². The number of aromatic nitrogens is 6. The fraction of sp³-hybridized carbons (Fsp3) is 0.0435. The molecular weight excluding hydrogens is 504 g/mol. The van der Waals surface area contributed by atoms with Crippen LogP contribution in [0.25, 0.3) is 28.8 Å². The van der Waals surface area contributed by atoms with E-state index in [0.717, 1.165) is 4.47 Å². The third-order valence-electron chi connectivity index (χ3n) is 4.79. The zero-order valence-corrected chi connectivity index (χ0v) is 19.0. The SMILES string of the molecule is O=C(OCc1cc(=O)n2cc(Br)ccc2n1)C(=Cc1ccco1)n1nnnc1-c1ccccc1. The largest absolute Gasteiger partial charge is 0.465 e. The first-order valence-electron chi connectivity index (χ1n) is 10.0. The first-order chi connectivity index (χ1) is 16.6. The lowest BCUT2D eigenvalue weighted by Gasteiger charge is -2.10. The number of carbonyl (C=O) groups excluding carboxylic acids is 1. The van der Waals surface area contributed by atoms with Crippen LogP contribution in [0.5, 0.6) is 0 Å². The number of halogens is 1. The highest BCUT2D eigenvalue weighted by Gasteiger charge is 2.21. The van der Waals surface area contributed by atoms with Gasteiger partial charge in [0.25, 0.3) is 5.56 Å². The maximum absolute atomic E-state index is 13.2. The number of tetrazole rings is 1. The van der Waals surface area contributed by atoms with Crippen molar-refractivity contribution in [1.29, 1.82) is 0 Å². The molecule has 0 aliphatic carbocycles. The fourth-order valence-corrected chi connectivity index (χ4v) is 3.58. The van der Waals surface area contributed by atoms with Gasteiger partial charge in [0.2, 0.25) is 0 Å². The molecule has 1 aromatic carbocycles. The van der Waals surface area contributed by atoms with Gasteiger partial charge in [-0.1, -0.05) is 30.3 Å². The molecule has 0 N–H and O–H groups in total. The summed E-state index contributed by atoms with van der Waals surface area (Å²) in [5.74, 6) is 0.0378. The fourth-order valence-electron chi connectivity index (χ4n) is 3.24. The number of pyridine rings is 1. The lowest BCUT2D eigenvalue weighted by molar-refractivity contribution is -0.138. The van der Waals surface area contributed by atoms with Gasteiger partial charge in [-0.05, 0) is 50.6 Å². The Hall–Kier alpha value is -4.38. The number of nitrogens with zero attached hydrogens (tertiary/aromatic N) is 6. The van der Waals surface area contributed by atoms with Crippen LogP contribution < -0.4 is 5.56 Å². The molecule has 34 heavy (non-hydrogen) atoms. The molecule has 4 aromatic heterocycles. The number of ether oxygens (including phenoxy) is 1. The molecule has 0 saturated carbocycles. The van der Waals surface area contributed by atoms with Crippen molar-refractivity contribution in [3.8, 4) is 11.4 Å². The summed E-state index contributed by atoms with van der Waals surface area (Å²) in [5.41, 5.74) is 1.18. The van der Waals surface area contributed by atoms with Crippen LogP contribution in [-0.4, -0.2) is 35.6 Å². The highest BCUT2D eigenvalue weighted by atomic mass is 79.9. The molecule has 0 unspecified atom stereocenters. The molecule has 11 heteroatoms. The summed E-state index contributed by atoms with van der Waals surface area (Å²) < 4.78 is 14.3. The zero-order valence-electron chi connectivity index (χ0n) is 17.4. The van der Waals surface area contributed by atoms with Crippen molar-refractivity contribution in [3.05, 3.63) is 99.4 Å². The first-order valence-corrected chi connectivity index (χ1v) is 10.8. The van der Waals surface area contributed by atoms with Crippen molar-refractivity contribution < 1.29 is 13.9 Å². The van der Waals surface area contributed by atoms with Crippen molar-refractivity contribution in [2.75, 3.05) is 0 Å². The Morgan fingerprint density at radius 3 is 2.76 bits per heavy atom. The molecule has 0 saturated heterocycles. The van der Waals surface area contributed by atoms with Crippen molar-refractivity contribution in [1.82, 2.24) is 29.6 Å². The predicted octanol–water partition coefficient (Wildman–Crippen LogP) is 3.45. The van der Waals surface area contributed by atoms with Crippen LogP contribution in [0.1, 0.15) is 11.5 Å². The molecule has 5 rings (SSSR count). The second-order valence-corrected chi connectivity index (χ2v) is 7.98. The standard InChI is InChI=1S/C23H15BrN6O4/c24-16-8-9-20-25-17(11-21(31)29(20)13-16)14-34-23(32)19(12-18-7-4-10-33-18)30-22(26-27-28-30)15-5-2-1-3-6-15/h1-13H,14H2. The molecule has 0 amide bonds. The Bertz CT molecular complexity index is 1560. The molecule has 0 fully saturated rings. The molecule has 0 aliphatic rings. The summed E-state index contributed by atoms with van der Waals surface area (Å²) in [4.78, 5) is 30.0. The Kier molecular flexibility index (Phi) is 5.83. The van der Waals surface area contributed by atoms with E-state index >= 15 is 0 Å². The maximum atomic E-state index is 13.2. The summed E-state index contributed by atoms with van der Waals surface area (Å²) >= 11 is 3.33. The minimum absolute atomic E-state index is 0.0280. The lowest BCUT2D eigenvalue weighted by atomic mass is 10.2. The minimum Gasteiger partial charge on any atom is -0.465 e. The van der Waals surface area contributed by atoms with Crippen LogP contribution in [0.4, 0.5) is 0 Å². The van der Waals surface area contributed by atoms with E-state index in [2.05, 4.69) is 36.4 Å². The summed E-state index contributed by atoms with van der Waals surface area (Å²) in [6, 6.07) is 17.3. The third kappa shape index (κ3) is 4.41. The van der Waals surface area contributed by atoms with Crippen molar-refractivity contribution in [2.24, 2.45) is 0 Å². The molecule has 0 radical (unpaired) electrons. The summed E-state index contributed by atoms with van der Waals surface area (Å²) in [6.45, 7) is -0.223. The molecule has 0 spiro atoms. The van der Waals surface area contributed by atoms with Gasteiger partial charge in [0.05, 0.1) is 12.0 Å². The molecule has 168 valence electrons. The van der Waals surface area contributed by atoms with E-state index in [1.165, 1.54) is 27.5 Å². The number of carbonyl (C=O) groups is 1. The number of rotatable bonds is 6. The van der Waals surface area contributed by atoms with E-state index in [9.17, 15) is 9.59 Å². The summed E-state index contributed by atoms with van der Waals surface area (Å²) in [7, 11) is 0. The monoisotopic (exact) mass is 518 g/mol. The normalized spacial score (nSPS) is 11.6. The number of benzene rings is 1. The average Bonchev–Trinajstić information content (AvgIpc) is 3.54. The zero-order chi connectivity index (χ0) is 23.5. The van der Waals surface area contributed by atoms with Crippen LogP contribution in [-0.2, 0) is 16.1 Å². The highest BCUT2D eigenvalue weighted by Crippen LogP contribution is 2.21. The van der Waals surface area contributed by atoms with Gasteiger partial charge < -0.3 is 9.15 Å². The van der Waals surface area contributed by atoms with Gasteiger partial charge >= 0.3 is 5.97 Å². The van der Waals surface area contributed by atoms with Crippen LogP contribution in [0.15, 0.2) is 86.8 Å². The molecular formula is C23H15BrN6O4. The van der Waals surface area contributed by atoms with Crippen LogP contribution in [0.2, 0.25) is 0 Å². The van der Waals surface area contributed by atoms with Gasteiger partial charge in [-0.25, -0.2) is 9.78 Å². The van der Waals surface area contributed by atoms with E-state index in [1.807, 2.05) is 30.3 Å². The molecule has 0 bridgehead atoms. The van der Waals surface area contributed by atoms with Gasteiger partial charge in [0, 0.05) is 28.4 Å². The van der Waals surface area contributed by atoms with E-state index in [0.29, 0.717) is 28.5 Å². The Morgan fingerprint density at radius 1 is 1.12 bits per heavy atom. The number of hydrogen-bond donors (Lipinski definition) is 0. The van der Waals surface area contributed by atoms with Gasteiger partial charge in [-0.3, -0.25) is 9.20 Å². The van der Waals surface area contributed by atoms with E-state index in [4.69, 9.17) is 9.15 Å². The summed E-state index contributed by atoms with van der Waals surface area (Å²) in [6.07, 6.45) is 4.58. The van der Waals surface area contributed by atoms with E-state index in [1.54, 1.807) is 30.5 Å². The van der Waals surface area contributed by atoms with Crippen molar-refractivity contribution in [3.63, 3.8) is 0 Å². The van der Waals surface area contributed by atoms with Crippen LogP contribution in [0, 0.1) is 0 Å². The molecule has 0 aliphatic heterocycles. The Labute approximate surface area is 200 Å². The number of furan rings is 1. The minimum atomic E-state index is -0.723. The van der Waals surface area contributed by atoms with Gasteiger partial charge in [0.15, 0.2) is 11.5 Å². The van der Waals surface area contributed by atoms with E-state index in [-0.39, 0.29) is 17.9 Å². The third-order valence-corrected chi connectivity index (χ3v) is 5.26. The van der Waals surface area contributed by atoms with Gasteiger partial charge in [-0.2, -0.15) is 4.68 Å². The first kappa shape index (κ1) is 21.5. The van der Waals surface area contributed by atoms with Gasteiger partial charge in [0.1, 0.15) is 18.0 Å². The lowest BCUT2D eigenvalue weighted by Crippen LogP contribution is -2.18. The maximum Gasteiger partial charge on any atom is 0.357 e. The topological polar surface area (TPSA) is 117 Å². The predicted molar refractivity (Wildman–Crippen MR) is 125 cm³/mol. The molecule has 5 aromatic rings. The molecule has 0 atom stereocenters. The van der Waals surface area contributed by atoms with Crippen molar-refractivity contribution in [2.45, 2.75) is 6.61 Å². The Balaban J connectivity index is 1.46. The second kappa shape index (κ2) is 9.24. The second-order valence-electron chi connectivity index (χ2n) is 7.06. The summed E-state index contributed by atoms with van der Waals surface area (Å²) in [5, 5.41) is 11.8. The molecule has 10 nitrogen and oxygen atoms in total. The number of esters is 1. The van der Waals surface area contributed by atoms with Gasteiger partial charge in [-0.15, -0.1) is 5.10 Å². The smallest absolute Gasteiger partial charge is 0.357 e. The highest BCUT2D eigenvalue weighted by molar-refractivity contribution is 9.10. The quantitative estimate of drug-likeness (QED) is 0.247.